The van der Waals surface area contributed by atoms with E-state index in [4.69, 9.17) is 4.74 Å². The van der Waals surface area contributed by atoms with Crippen molar-refractivity contribution in [1.29, 1.82) is 0 Å². The first-order valence-electron chi connectivity index (χ1n) is 8.37. The minimum Gasteiger partial charge on any atom is -0.495 e. The zero-order valence-corrected chi connectivity index (χ0v) is 15.7. The molecule has 0 radical (unpaired) electrons. The molecule has 1 aromatic heterocycles. The van der Waals surface area contributed by atoms with E-state index in [0.717, 1.165) is 19.3 Å². The number of hydrogen-bond acceptors (Lipinski definition) is 5. The number of rotatable bonds is 9. The monoisotopic (exact) mass is 377 g/mol. The number of nitrogens with zero attached hydrogens (tertiary/aromatic N) is 1. The molecule has 0 fully saturated rings. The van der Waals surface area contributed by atoms with E-state index in [1.807, 2.05) is 0 Å². The van der Waals surface area contributed by atoms with Gasteiger partial charge in [-0.1, -0.05) is 31.9 Å². The van der Waals surface area contributed by atoms with Crippen LogP contribution < -0.4 is 14.8 Å². The van der Waals surface area contributed by atoms with Crippen LogP contribution in [0.5, 0.6) is 5.75 Å². The van der Waals surface area contributed by atoms with Gasteiger partial charge in [-0.15, -0.1) is 0 Å². The quantitative estimate of drug-likeness (QED) is 0.655. The molecule has 0 unspecified atom stereocenters. The van der Waals surface area contributed by atoms with Gasteiger partial charge in [-0.3, -0.25) is 14.5 Å². The maximum absolute atomic E-state index is 12.7. The molecule has 1 aromatic carbocycles. The van der Waals surface area contributed by atoms with Crippen molar-refractivity contribution in [2.45, 2.75) is 31.1 Å². The van der Waals surface area contributed by atoms with Crippen molar-refractivity contribution in [2.75, 3.05) is 18.4 Å². The Bertz CT molecular complexity index is 853. The van der Waals surface area contributed by atoms with Gasteiger partial charge in [0.25, 0.3) is 15.9 Å². The molecule has 0 atom stereocenters. The molecule has 2 rings (SSSR count). The minimum atomic E-state index is -3.96. The summed E-state index contributed by atoms with van der Waals surface area (Å²) in [7, 11) is -2.49. The van der Waals surface area contributed by atoms with Crippen LogP contribution in [-0.2, 0) is 10.0 Å². The number of carbonyl (C=O) groups excluding carboxylic acids is 1. The third kappa shape index (κ3) is 5.19. The Morgan fingerprint density at radius 1 is 1.19 bits per heavy atom. The van der Waals surface area contributed by atoms with Crippen molar-refractivity contribution in [3.8, 4) is 5.75 Å². The van der Waals surface area contributed by atoms with Crippen LogP contribution in [0.4, 0.5) is 5.69 Å². The van der Waals surface area contributed by atoms with Crippen molar-refractivity contribution in [3.63, 3.8) is 0 Å². The van der Waals surface area contributed by atoms with Gasteiger partial charge in [0, 0.05) is 12.6 Å². The van der Waals surface area contributed by atoms with Gasteiger partial charge >= 0.3 is 0 Å². The van der Waals surface area contributed by atoms with E-state index < -0.39 is 15.9 Å². The van der Waals surface area contributed by atoms with Crippen LogP contribution in [0.3, 0.4) is 0 Å². The number of unbranched alkanes of at least 4 members (excludes halogenated alkanes) is 2. The summed E-state index contributed by atoms with van der Waals surface area (Å²) in [6.45, 7) is 2.58. The lowest BCUT2D eigenvalue weighted by molar-refractivity contribution is 0.0949. The molecule has 7 nitrogen and oxygen atoms in total. The maximum Gasteiger partial charge on any atom is 0.262 e. The number of methoxy groups -OCH3 is 1. The molecule has 0 saturated heterocycles. The van der Waals surface area contributed by atoms with E-state index in [0.29, 0.717) is 12.3 Å². The molecule has 26 heavy (non-hydrogen) atoms. The predicted molar refractivity (Wildman–Crippen MR) is 99.9 cm³/mol. The molecule has 0 spiro atoms. The highest BCUT2D eigenvalue weighted by Gasteiger charge is 2.22. The van der Waals surface area contributed by atoms with E-state index in [9.17, 15) is 13.2 Å². The SMILES string of the molecule is CCCCCNC(=O)c1ccccc1S(=O)(=O)Nc1cncc(OC)c1. The number of carbonyl (C=O) groups is 1. The van der Waals surface area contributed by atoms with Gasteiger partial charge in [-0.25, -0.2) is 8.42 Å². The summed E-state index contributed by atoms with van der Waals surface area (Å²) in [5.74, 6) is 0.0120. The molecule has 2 aromatic rings. The van der Waals surface area contributed by atoms with Gasteiger partial charge in [0.05, 0.1) is 30.8 Å². The first-order valence-corrected chi connectivity index (χ1v) is 9.85. The van der Waals surface area contributed by atoms with E-state index >= 15 is 0 Å². The lowest BCUT2D eigenvalue weighted by Crippen LogP contribution is -2.27. The molecule has 140 valence electrons. The molecule has 0 aliphatic heterocycles. The van der Waals surface area contributed by atoms with Crippen molar-refractivity contribution < 1.29 is 17.9 Å². The van der Waals surface area contributed by atoms with E-state index in [2.05, 4.69) is 21.9 Å². The molecule has 2 N–H and O–H groups in total. The van der Waals surface area contributed by atoms with Crippen LogP contribution >= 0.6 is 0 Å². The van der Waals surface area contributed by atoms with Crippen LogP contribution in [0.25, 0.3) is 0 Å². The largest absolute Gasteiger partial charge is 0.495 e. The smallest absolute Gasteiger partial charge is 0.262 e. The molecular weight excluding hydrogens is 354 g/mol. The van der Waals surface area contributed by atoms with Crippen molar-refractivity contribution in [3.05, 3.63) is 48.3 Å². The standard InChI is InChI=1S/C18H23N3O4S/c1-3-4-7-10-20-18(22)16-8-5-6-9-17(16)26(23,24)21-14-11-15(25-2)13-19-12-14/h5-6,8-9,11-13,21H,3-4,7,10H2,1-2H3,(H,20,22). The number of nitrogens with one attached hydrogen (secondary N) is 2. The summed E-state index contributed by atoms with van der Waals surface area (Å²) in [6, 6.07) is 7.61. The highest BCUT2D eigenvalue weighted by atomic mass is 32.2. The zero-order valence-electron chi connectivity index (χ0n) is 14.9. The Labute approximate surface area is 153 Å². The average molecular weight is 377 g/mol. The van der Waals surface area contributed by atoms with Crippen LogP contribution in [-0.4, -0.2) is 33.0 Å². The lowest BCUT2D eigenvalue weighted by atomic mass is 10.2. The molecule has 0 aliphatic rings. The normalized spacial score (nSPS) is 11.0. The summed E-state index contributed by atoms with van der Waals surface area (Å²) in [5.41, 5.74) is 0.356. The number of sulfonamides is 1. The van der Waals surface area contributed by atoms with Gasteiger partial charge in [-0.05, 0) is 18.6 Å². The fourth-order valence-corrected chi connectivity index (χ4v) is 3.60. The van der Waals surface area contributed by atoms with Crippen LogP contribution in [0, 0.1) is 0 Å². The molecule has 0 bridgehead atoms. The second-order valence-electron chi connectivity index (χ2n) is 5.68. The summed E-state index contributed by atoms with van der Waals surface area (Å²) in [5, 5.41) is 2.76. The Balaban J connectivity index is 2.22. The average Bonchev–Trinajstić information content (AvgIpc) is 2.65. The van der Waals surface area contributed by atoms with Crippen LogP contribution in [0.1, 0.15) is 36.5 Å². The van der Waals surface area contributed by atoms with E-state index in [1.54, 1.807) is 12.1 Å². The number of benzene rings is 1. The number of anilines is 1. The van der Waals surface area contributed by atoms with Crippen LogP contribution in [0.15, 0.2) is 47.6 Å². The third-order valence-corrected chi connectivity index (χ3v) is 5.13. The van der Waals surface area contributed by atoms with Gasteiger partial charge in [0.2, 0.25) is 0 Å². The van der Waals surface area contributed by atoms with Gasteiger partial charge in [0.1, 0.15) is 10.6 Å². The molecule has 0 saturated carbocycles. The molecular formula is C18H23N3O4S. The predicted octanol–water partition coefficient (Wildman–Crippen LogP) is 2.81. The van der Waals surface area contributed by atoms with Crippen molar-refractivity contribution in [2.24, 2.45) is 0 Å². The Kier molecular flexibility index (Phi) is 6.97. The number of pyridine rings is 1. The fraction of sp³-hybridized carbons (Fsp3) is 0.333. The van der Waals surface area contributed by atoms with Crippen LogP contribution in [0.2, 0.25) is 0 Å². The Morgan fingerprint density at radius 2 is 1.96 bits per heavy atom. The number of aromatic nitrogens is 1. The first kappa shape index (κ1) is 19.7. The zero-order chi connectivity index (χ0) is 19.0. The summed E-state index contributed by atoms with van der Waals surface area (Å²) >= 11 is 0. The summed E-state index contributed by atoms with van der Waals surface area (Å²) in [6.07, 6.45) is 5.73. The van der Waals surface area contributed by atoms with Crippen molar-refractivity contribution in [1.82, 2.24) is 10.3 Å². The number of ether oxygens (including phenoxy) is 1. The second kappa shape index (κ2) is 9.19. The molecule has 8 heteroatoms. The second-order valence-corrected chi connectivity index (χ2v) is 7.33. The van der Waals surface area contributed by atoms with Gasteiger partial charge in [0.15, 0.2) is 0 Å². The lowest BCUT2D eigenvalue weighted by Gasteiger charge is -2.12. The van der Waals surface area contributed by atoms with E-state index in [-0.39, 0.29) is 16.1 Å². The molecule has 1 heterocycles. The Morgan fingerprint density at radius 3 is 2.69 bits per heavy atom. The Hall–Kier alpha value is -2.61. The van der Waals surface area contributed by atoms with Crippen molar-refractivity contribution >= 4 is 21.6 Å². The molecule has 0 aliphatic carbocycles. The highest BCUT2D eigenvalue weighted by molar-refractivity contribution is 7.92. The topological polar surface area (TPSA) is 97.4 Å². The van der Waals surface area contributed by atoms with Gasteiger partial charge in [-0.2, -0.15) is 0 Å². The number of amides is 1. The summed E-state index contributed by atoms with van der Waals surface area (Å²) in [4.78, 5) is 16.2. The fourth-order valence-electron chi connectivity index (χ4n) is 2.36. The molecule has 1 amide bonds. The highest BCUT2D eigenvalue weighted by Crippen LogP contribution is 2.21. The number of hydrogen-bond donors (Lipinski definition) is 2. The maximum atomic E-state index is 12.7. The van der Waals surface area contributed by atoms with Gasteiger partial charge < -0.3 is 10.1 Å². The third-order valence-electron chi connectivity index (χ3n) is 3.69. The minimum absolute atomic E-state index is 0.0872. The first-order chi connectivity index (χ1) is 12.5. The summed E-state index contributed by atoms with van der Waals surface area (Å²) < 4.78 is 33.0. The van der Waals surface area contributed by atoms with E-state index in [1.165, 1.54) is 37.7 Å².